The van der Waals surface area contributed by atoms with Crippen LogP contribution in [0.4, 0.5) is 13.2 Å². The molecule has 0 bridgehead atoms. The number of halogens is 5. The summed E-state index contributed by atoms with van der Waals surface area (Å²) in [5.74, 6) is -2.58. The molecule has 0 spiro atoms. The number of hydrogen-bond donors (Lipinski definition) is 1. The molecule has 1 fully saturated rings. The largest absolute Gasteiger partial charge is 0.573 e. The number of rotatable bonds is 3. The fourth-order valence-electron chi connectivity index (χ4n) is 2.29. The van der Waals surface area contributed by atoms with Crippen molar-refractivity contribution in [3.8, 4) is 5.75 Å². The topological polar surface area (TPSA) is 46.5 Å². The van der Waals surface area contributed by atoms with E-state index in [2.05, 4.69) is 4.74 Å². The standard InChI is InChI=1S/C12H9Cl2F3O3/c1-10(8(9(18)19)11(10,13)14)6-2-4-7(5-3-6)20-12(15,16)17/h2-5,8H,1H3,(H,18,19)/t8-,10-/m1/s1. The minimum atomic E-state index is -4.78. The lowest BCUT2D eigenvalue weighted by molar-refractivity contribution is -0.274. The molecule has 1 N–H and O–H groups in total. The number of aliphatic carboxylic acids is 1. The van der Waals surface area contributed by atoms with Crippen LogP contribution in [0.25, 0.3) is 0 Å². The number of ether oxygens (including phenoxy) is 1. The molecule has 0 unspecified atom stereocenters. The van der Waals surface area contributed by atoms with E-state index in [1.165, 1.54) is 12.1 Å². The summed E-state index contributed by atoms with van der Waals surface area (Å²) in [6, 6.07) is 4.83. The van der Waals surface area contributed by atoms with Crippen molar-refractivity contribution in [2.75, 3.05) is 0 Å². The third-order valence-electron chi connectivity index (χ3n) is 3.48. The number of hydrogen-bond acceptors (Lipinski definition) is 2. The first-order chi connectivity index (χ1) is 9.00. The van der Waals surface area contributed by atoms with Crippen molar-refractivity contribution in [3.05, 3.63) is 29.8 Å². The molecule has 0 radical (unpaired) electrons. The zero-order chi connectivity index (χ0) is 15.3. The summed E-state index contributed by atoms with van der Waals surface area (Å²) >= 11 is 11.9. The fraction of sp³-hybridized carbons (Fsp3) is 0.417. The Labute approximate surface area is 122 Å². The Morgan fingerprint density at radius 3 is 2.15 bits per heavy atom. The molecule has 1 aromatic rings. The van der Waals surface area contributed by atoms with Crippen LogP contribution in [0.15, 0.2) is 24.3 Å². The molecule has 3 nitrogen and oxygen atoms in total. The van der Waals surface area contributed by atoms with Crippen LogP contribution in [0, 0.1) is 5.92 Å². The van der Waals surface area contributed by atoms with Crippen molar-refractivity contribution in [1.29, 1.82) is 0 Å². The Morgan fingerprint density at radius 1 is 1.30 bits per heavy atom. The third-order valence-corrected chi connectivity index (χ3v) is 4.71. The van der Waals surface area contributed by atoms with E-state index in [1.807, 2.05) is 0 Å². The quantitative estimate of drug-likeness (QED) is 0.860. The first-order valence-corrected chi connectivity index (χ1v) is 6.22. The van der Waals surface area contributed by atoms with E-state index >= 15 is 0 Å². The normalized spacial score (nSPS) is 28.0. The zero-order valence-electron chi connectivity index (χ0n) is 10.0. The first-order valence-electron chi connectivity index (χ1n) is 5.47. The van der Waals surface area contributed by atoms with Crippen LogP contribution in [-0.4, -0.2) is 21.8 Å². The summed E-state index contributed by atoms with van der Waals surface area (Å²) in [5.41, 5.74) is -0.622. The summed E-state index contributed by atoms with van der Waals surface area (Å²) < 4.78 is 38.3. The molecule has 20 heavy (non-hydrogen) atoms. The Hall–Kier alpha value is -1.14. The highest BCUT2D eigenvalue weighted by Gasteiger charge is 2.77. The molecule has 1 saturated carbocycles. The summed E-state index contributed by atoms with van der Waals surface area (Å²) in [4.78, 5) is 11.1. The maximum atomic E-state index is 12.0. The van der Waals surface area contributed by atoms with E-state index in [9.17, 15) is 18.0 Å². The highest BCUT2D eigenvalue weighted by molar-refractivity contribution is 6.54. The molecule has 1 aliphatic rings. The van der Waals surface area contributed by atoms with Gasteiger partial charge >= 0.3 is 12.3 Å². The van der Waals surface area contributed by atoms with Crippen molar-refractivity contribution in [3.63, 3.8) is 0 Å². The highest BCUT2D eigenvalue weighted by Crippen LogP contribution is 2.69. The number of carboxylic acid groups (broad SMARTS) is 1. The number of benzene rings is 1. The van der Waals surface area contributed by atoms with Crippen molar-refractivity contribution in [2.45, 2.75) is 23.0 Å². The smallest absolute Gasteiger partial charge is 0.481 e. The summed E-state index contributed by atoms with van der Waals surface area (Å²) in [5, 5.41) is 9.05. The van der Waals surface area contributed by atoms with Gasteiger partial charge in [0.05, 0.1) is 0 Å². The first kappa shape index (κ1) is 15.3. The molecule has 0 aromatic heterocycles. The number of carboxylic acids is 1. The maximum absolute atomic E-state index is 12.0. The average molecular weight is 329 g/mol. The predicted molar refractivity (Wildman–Crippen MR) is 66.0 cm³/mol. The lowest BCUT2D eigenvalue weighted by Gasteiger charge is -2.14. The molecule has 0 heterocycles. The minimum Gasteiger partial charge on any atom is -0.481 e. The molecule has 2 atom stereocenters. The van der Waals surface area contributed by atoms with Crippen LogP contribution in [0.2, 0.25) is 0 Å². The maximum Gasteiger partial charge on any atom is 0.573 e. The molecule has 110 valence electrons. The molecular weight excluding hydrogens is 320 g/mol. The van der Waals surface area contributed by atoms with Crippen LogP contribution < -0.4 is 4.74 Å². The fourth-order valence-corrected chi connectivity index (χ4v) is 3.25. The monoisotopic (exact) mass is 328 g/mol. The average Bonchev–Trinajstić information content (AvgIpc) is 2.72. The van der Waals surface area contributed by atoms with Crippen molar-refractivity contribution in [1.82, 2.24) is 0 Å². The lowest BCUT2D eigenvalue weighted by atomic mass is 9.95. The van der Waals surface area contributed by atoms with Gasteiger partial charge in [-0.15, -0.1) is 13.2 Å². The van der Waals surface area contributed by atoms with Gasteiger partial charge in [0, 0.05) is 5.41 Å². The van der Waals surface area contributed by atoms with E-state index in [4.69, 9.17) is 28.3 Å². The summed E-state index contributed by atoms with van der Waals surface area (Å²) in [6.45, 7) is 1.55. The van der Waals surface area contributed by atoms with Gasteiger partial charge in [-0.3, -0.25) is 4.79 Å². The molecular formula is C12H9Cl2F3O3. The van der Waals surface area contributed by atoms with E-state index < -0.39 is 33.7 Å². The predicted octanol–water partition coefficient (Wildman–Crippen LogP) is 3.73. The van der Waals surface area contributed by atoms with Crippen LogP contribution in [0.3, 0.4) is 0 Å². The van der Waals surface area contributed by atoms with Crippen LogP contribution in [-0.2, 0) is 10.2 Å². The molecule has 8 heteroatoms. The van der Waals surface area contributed by atoms with Gasteiger partial charge < -0.3 is 9.84 Å². The zero-order valence-corrected chi connectivity index (χ0v) is 11.6. The van der Waals surface area contributed by atoms with Crippen LogP contribution >= 0.6 is 23.2 Å². The molecule has 0 amide bonds. The Kier molecular flexibility index (Phi) is 3.38. The van der Waals surface area contributed by atoms with Gasteiger partial charge in [-0.1, -0.05) is 42.3 Å². The van der Waals surface area contributed by atoms with Crippen LogP contribution in [0.5, 0.6) is 5.75 Å². The summed E-state index contributed by atoms with van der Waals surface area (Å²) in [7, 11) is 0. The van der Waals surface area contributed by atoms with Gasteiger partial charge in [-0.05, 0) is 17.7 Å². The van der Waals surface area contributed by atoms with Crippen LogP contribution in [0.1, 0.15) is 12.5 Å². The van der Waals surface area contributed by atoms with E-state index in [-0.39, 0.29) is 0 Å². The lowest BCUT2D eigenvalue weighted by Crippen LogP contribution is -2.17. The van der Waals surface area contributed by atoms with Crippen molar-refractivity contribution >= 4 is 29.2 Å². The Morgan fingerprint density at radius 2 is 1.80 bits per heavy atom. The SMILES string of the molecule is C[C@@]1(c2ccc(OC(F)(F)F)cc2)[C@@H](C(=O)O)C1(Cl)Cl. The Bertz CT molecular complexity index is 542. The van der Waals surface area contributed by atoms with Gasteiger partial charge in [0.2, 0.25) is 0 Å². The van der Waals surface area contributed by atoms with Crippen molar-refractivity contribution < 1.29 is 27.8 Å². The third kappa shape index (κ3) is 2.31. The second kappa shape index (κ2) is 4.43. The van der Waals surface area contributed by atoms with E-state index in [1.54, 1.807) is 6.92 Å². The Balaban J connectivity index is 2.26. The molecule has 0 aliphatic heterocycles. The second-order valence-corrected chi connectivity index (χ2v) is 6.05. The molecule has 2 rings (SSSR count). The van der Waals surface area contributed by atoms with E-state index in [0.29, 0.717) is 5.56 Å². The number of carbonyl (C=O) groups is 1. The van der Waals surface area contributed by atoms with Gasteiger partial charge in [0.1, 0.15) is 16.0 Å². The second-order valence-electron chi connectivity index (χ2n) is 4.67. The highest BCUT2D eigenvalue weighted by atomic mass is 35.5. The van der Waals surface area contributed by atoms with Gasteiger partial charge in [-0.2, -0.15) is 0 Å². The number of alkyl halides is 5. The van der Waals surface area contributed by atoms with Gasteiger partial charge in [-0.25, -0.2) is 0 Å². The van der Waals surface area contributed by atoms with Gasteiger partial charge in [0.25, 0.3) is 0 Å². The molecule has 1 aromatic carbocycles. The van der Waals surface area contributed by atoms with Crippen molar-refractivity contribution in [2.24, 2.45) is 5.92 Å². The van der Waals surface area contributed by atoms with Gasteiger partial charge in [0.15, 0.2) is 0 Å². The minimum absolute atomic E-state index is 0.396. The van der Waals surface area contributed by atoms with E-state index in [0.717, 1.165) is 12.1 Å². The molecule has 1 aliphatic carbocycles. The molecule has 0 saturated heterocycles. The summed E-state index contributed by atoms with van der Waals surface area (Å²) in [6.07, 6.45) is -4.78.